The first-order valence-electron chi connectivity index (χ1n) is 15.0. The van der Waals surface area contributed by atoms with Crippen molar-refractivity contribution in [2.24, 2.45) is 11.0 Å². The van der Waals surface area contributed by atoms with E-state index in [1.807, 2.05) is 30.1 Å². The summed E-state index contributed by atoms with van der Waals surface area (Å²) in [5.74, 6) is 6.85. The maximum Gasteiger partial charge on any atom is 0.416 e. The van der Waals surface area contributed by atoms with E-state index in [0.717, 1.165) is 44.3 Å². The van der Waals surface area contributed by atoms with Gasteiger partial charge >= 0.3 is 12.2 Å². The van der Waals surface area contributed by atoms with Crippen LogP contribution in [0.15, 0.2) is 83.6 Å². The van der Waals surface area contributed by atoms with Gasteiger partial charge in [-0.05, 0) is 74.2 Å². The number of nitrogens with zero attached hydrogens (tertiary/aromatic N) is 5. The van der Waals surface area contributed by atoms with E-state index in [1.165, 1.54) is 18.3 Å². The number of carbonyl (C=O) groups is 1. The van der Waals surface area contributed by atoms with Gasteiger partial charge in [-0.15, -0.1) is 5.73 Å². The first kappa shape index (κ1) is 31.8. The summed E-state index contributed by atoms with van der Waals surface area (Å²) in [5, 5.41) is 11.5. The molecule has 1 saturated heterocycles. The van der Waals surface area contributed by atoms with E-state index in [1.54, 1.807) is 17.1 Å². The number of amides is 2. The monoisotopic (exact) mass is 615 g/mol. The summed E-state index contributed by atoms with van der Waals surface area (Å²) in [6, 6.07) is 6.45. The summed E-state index contributed by atoms with van der Waals surface area (Å²) in [6.45, 7) is 11.9. The fraction of sp³-hybridized carbons (Fsp3) is 0.353. The largest absolute Gasteiger partial charge is 0.416 e. The van der Waals surface area contributed by atoms with Gasteiger partial charge in [-0.3, -0.25) is 10.2 Å². The molecule has 0 unspecified atom stereocenters. The number of allylic oxidation sites excluding steroid dienone is 4. The zero-order chi connectivity index (χ0) is 32.0. The number of hydrogen-bond acceptors (Lipinski definition) is 6. The van der Waals surface area contributed by atoms with E-state index in [-0.39, 0.29) is 23.6 Å². The normalized spacial score (nSPS) is 17.7. The van der Waals surface area contributed by atoms with Crippen molar-refractivity contribution in [3.05, 3.63) is 95.2 Å². The molecule has 1 saturated carbocycles. The molecule has 2 N–H and O–H groups in total. The number of pyridine rings is 1. The SMILES string of the molecule is C=C=C1C=CC(C2CC2)=NN1C(C#Cc1ccnc(NC(=O)Nc2ccc(CN3CCN(CC)CC3)c(C(F)(F)F)c2)c1)=CC. The Morgan fingerprint density at radius 2 is 1.84 bits per heavy atom. The lowest BCUT2D eigenvalue weighted by Crippen LogP contribution is -2.45. The molecule has 1 aromatic carbocycles. The van der Waals surface area contributed by atoms with Crippen molar-refractivity contribution in [3.8, 4) is 11.8 Å². The Labute approximate surface area is 261 Å². The average Bonchev–Trinajstić information content (AvgIpc) is 3.88. The minimum Gasteiger partial charge on any atom is -0.308 e. The first-order chi connectivity index (χ1) is 21.7. The van der Waals surface area contributed by atoms with Gasteiger partial charge in [0.1, 0.15) is 17.2 Å². The molecule has 3 aliphatic rings. The second kappa shape index (κ2) is 14.0. The summed E-state index contributed by atoms with van der Waals surface area (Å²) in [6.07, 6.45) is 4.92. The average molecular weight is 616 g/mol. The van der Waals surface area contributed by atoms with Gasteiger partial charge < -0.3 is 10.2 Å². The number of nitrogens with one attached hydrogen (secondary N) is 2. The summed E-state index contributed by atoms with van der Waals surface area (Å²) in [5.41, 5.74) is 5.24. The fourth-order valence-electron chi connectivity index (χ4n) is 5.15. The molecule has 11 heteroatoms. The molecule has 2 amide bonds. The van der Waals surface area contributed by atoms with Crippen molar-refractivity contribution in [3.63, 3.8) is 0 Å². The molecule has 0 bridgehead atoms. The lowest BCUT2D eigenvalue weighted by molar-refractivity contribution is -0.138. The highest BCUT2D eigenvalue weighted by atomic mass is 19.4. The van der Waals surface area contributed by atoms with Gasteiger partial charge in [0, 0.05) is 56.1 Å². The maximum absolute atomic E-state index is 14.0. The predicted molar refractivity (Wildman–Crippen MR) is 170 cm³/mol. The highest BCUT2D eigenvalue weighted by molar-refractivity contribution is 6.00. The summed E-state index contributed by atoms with van der Waals surface area (Å²) in [4.78, 5) is 21.2. The van der Waals surface area contributed by atoms with E-state index in [0.29, 0.717) is 36.0 Å². The Morgan fingerprint density at radius 1 is 1.09 bits per heavy atom. The topological polar surface area (TPSA) is 76.1 Å². The predicted octanol–water partition coefficient (Wildman–Crippen LogP) is 6.44. The van der Waals surface area contributed by atoms with Gasteiger partial charge in [-0.1, -0.05) is 31.6 Å². The van der Waals surface area contributed by atoms with Gasteiger partial charge in [0.2, 0.25) is 0 Å². The van der Waals surface area contributed by atoms with Gasteiger partial charge in [-0.25, -0.2) is 14.8 Å². The van der Waals surface area contributed by atoms with Crippen molar-refractivity contribution in [1.82, 2.24) is 19.8 Å². The third-order valence-corrected chi connectivity index (χ3v) is 7.85. The zero-order valence-electron chi connectivity index (χ0n) is 25.4. The minimum absolute atomic E-state index is 0.0285. The van der Waals surface area contributed by atoms with Crippen LogP contribution in [-0.2, 0) is 12.7 Å². The van der Waals surface area contributed by atoms with Crippen LogP contribution in [0.2, 0.25) is 0 Å². The smallest absolute Gasteiger partial charge is 0.308 e. The van der Waals surface area contributed by atoms with Crippen LogP contribution in [0.4, 0.5) is 29.5 Å². The number of hydrogen-bond donors (Lipinski definition) is 2. The highest BCUT2D eigenvalue weighted by Gasteiger charge is 2.34. The lowest BCUT2D eigenvalue weighted by atomic mass is 10.0. The Kier molecular flexibility index (Phi) is 9.89. The molecule has 45 heavy (non-hydrogen) atoms. The standard InChI is InChI=1S/C34H36F3N7O/c1-4-28(44-29(5-2)13-14-31(41-44)25-8-9-25)12-7-24-15-16-38-32(21-24)40-33(45)39-27-11-10-26(30(22-27)34(35,36)37)23-43-19-17-42(6-3)18-20-43/h4,10-11,13-16,21-22,25H,2,6,8-9,17-20,23H2,1,3H3,(H2,38,39,40,45). The number of carbonyl (C=O) groups excluding carboxylic acids is 1. The van der Waals surface area contributed by atoms with E-state index in [4.69, 9.17) is 5.10 Å². The van der Waals surface area contributed by atoms with Crippen molar-refractivity contribution >= 4 is 23.2 Å². The Bertz CT molecular complexity index is 1630. The Morgan fingerprint density at radius 3 is 2.51 bits per heavy atom. The van der Waals surface area contributed by atoms with E-state index in [2.05, 4.69) is 51.6 Å². The van der Waals surface area contributed by atoms with Crippen LogP contribution in [0, 0.1) is 17.8 Å². The number of hydrazone groups is 1. The van der Waals surface area contributed by atoms with Crippen molar-refractivity contribution in [1.29, 1.82) is 0 Å². The molecular formula is C34H36F3N7O. The number of anilines is 2. The zero-order valence-corrected chi connectivity index (χ0v) is 25.4. The molecule has 0 atom stereocenters. The minimum atomic E-state index is -4.56. The molecule has 2 fully saturated rings. The van der Waals surface area contributed by atoms with Gasteiger partial charge in [0.15, 0.2) is 0 Å². The lowest BCUT2D eigenvalue weighted by Gasteiger charge is -2.34. The van der Waals surface area contributed by atoms with E-state index < -0.39 is 17.8 Å². The van der Waals surface area contributed by atoms with Crippen LogP contribution in [0.3, 0.4) is 0 Å². The number of piperazine rings is 1. The number of alkyl halides is 3. The number of benzene rings is 1. The quantitative estimate of drug-likeness (QED) is 0.277. The summed E-state index contributed by atoms with van der Waals surface area (Å²) in [7, 11) is 0. The molecule has 5 rings (SSSR count). The fourth-order valence-corrected chi connectivity index (χ4v) is 5.15. The van der Waals surface area contributed by atoms with Crippen LogP contribution in [0.5, 0.6) is 0 Å². The van der Waals surface area contributed by atoms with Crippen LogP contribution in [0.25, 0.3) is 0 Å². The van der Waals surface area contributed by atoms with Gasteiger partial charge in [0.05, 0.1) is 11.3 Å². The number of halogens is 3. The number of likely N-dealkylation sites (N-methyl/N-ethyl adjacent to an activating group) is 1. The number of urea groups is 1. The maximum atomic E-state index is 14.0. The van der Waals surface area contributed by atoms with Crippen LogP contribution < -0.4 is 10.6 Å². The summed E-state index contributed by atoms with van der Waals surface area (Å²) < 4.78 is 42.0. The third kappa shape index (κ3) is 8.31. The molecule has 234 valence electrons. The van der Waals surface area contributed by atoms with E-state index in [9.17, 15) is 18.0 Å². The molecule has 1 aliphatic carbocycles. The third-order valence-electron chi connectivity index (χ3n) is 7.85. The van der Waals surface area contributed by atoms with Crippen molar-refractivity contribution < 1.29 is 18.0 Å². The van der Waals surface area contributed by atoms with Crippen molar-refractivity contribution in [2.75, 3.05) is 43.4 Å². The number of aromatic nitrogens is 1. The number of rotatable bonds is 7. The molecule has 0 spiro atoms. The van der Waals surface area contributed by atoms with Crippen LogP contribution in [-0.4, -0.2) is 64.3 Å². The van der Waals surface area contributed by atoms with Crippen molar-refractivity contribution in [2.45, 2.75) is 39.4 Å². The summed E-state index contributed by atoms with van der Waals surface area (Å²) >= 11 is 0. The molecule has 3 heterocycles. The molecule has 2 aliphatic heterocycles. The molecule has 1 aromatic heterocycles. The second-order valence-electron chi connectivity index (χ2n) is 11.0. The Hall–Kier alpha value is -4.62. The van der Waals surface area contributed by atoms with Gasteiger partial charge in [-0.2, -0.15) is 18.3 Å². The van der Waals surface area contributed by atoms with Crippen LogP contribution >= 0.6 is 0 Å². The van der Waals surface area contributed by atoms with E-state index >= 15 is 0 Å². The molecule has 0 radical (unpaired) electrons. The van der Waals surface area contributed by atoms with Gasteiger partial charge in [0.25, 0.3) is 0 Å². The highest BCUT2D eigenvalue weighted by Crippen LogP contribution is 2.35. The first-order valence-corrected chi connectivity index (χ1v) is 15.0. The second-order valence-corrected chi connectivity index (χ2v) is 11.0. The van der Waals surface area contributed by atoms with Crippen LogP contribution in [0.1, 0.15) is 43.4 Å². The molecular weight excluding hydrogens is 579 g/mol. The molecule has 2 aromatic rings. The Balaban J connectivity index is 1.24. The molecule has 8 nitrogen and oxygen atoms in total.